The monoisotopic (exact) mass is 914 g/mol. The average molecular weight is 915 g/mol. The van der Waals surface area contributed by atoms with Crippen molar-refractivity contribution in [2.45, 2.75) is 19.3 Å². The second kappa shape index (κ2) is 15.4. The van der Waals surface area contributed by atoms with Crippen LogP contribution in [-0.4, -0.2) is 9.55 Å². The van der Waals surface area contributed by atoms with Crippen LogP contribution in [0.15, 0.2) is 243 Å². The fourth-order valence-corrected chi connectivity index (χ4v) is 12.6. The van der Waals surface area contributed by atoms with Crippen molar-refractivity contribution >= 4 is 75.7 Å². The van der Waals surface area contributed by atoms with Gasteiger partial charge in [-0.2, -0.15) is 0 Å². The summed E-state index contributed by atoms with van der Waals surface area (Å²) in [5, 5.41) is 15.2. The third kappa shape index (κ3) is 5.93. The molecule has 0 N–H and O–H groups in total. The van der Waals surface area contributed by atoms with Gasteiger partial charge in [-0.25, -0.2) is 4.98 Å². The summed E-state index contributed by atoms with van der Waals surface area (Å²) in [6, 6.07) is 90.1. The van der Waals surface area contributed by atoms with Crippen molar-refractivity contribution in [2.24, 2.45) is 0 Å². The Kier molecular flexibility index (Phi) is 8.74. The first-order valence-corrected chi connectivity index (χ1v) is 25.1. The summed E-state index contributed by atoms with van der Waals surface area (Å²) in [6.07, 6.45) is 0. The van der Waals surface area contributed by atoms with Crippen LogP contribution in [0.2, 0.25) is 0 Å². The Hall–Kier alpha value is -9.11. The van der Waals surface area contributed by atoms with E-state index in [4.69, 9.17) is 4.98 Å². The van der Waals surface area contributed by atoms with Crippen molar-refractivity contribution in [3.8, 4) is 61.6 Å². The molecule has 0 bridgehead atoms. The van der Waals surface area contributed by atoms with Gasteiger partial charge in [0.15, 0.2) is 0 Å². The zero-order valence-electron chi connectivity index (χ0n) is 40.0. The molecule has 2 nitrogen and oxygen atoms in total. The van der Waals surface area contributed by atoms with Crippen molar-refractivity contribution in [3.05, 3.63) is 254 Å². The molecule has 0 unspecified atom stereocenters. The van der Waals surface area contributed by atoms with Crippen LogP contribution in [-0.2, 0) is 5.41 Å². The molecular weight excluding hydrogens is 869 g/mol. The maximum Gasteiger partial charge on any atom is 0.145 e. The van der Waals surface area contributed by atoms with E-state index in [0.29, 0.717) is 0 Å². The standard InChI is InChI=1S/C70H46N2/c1-70(2)63-40-44(43-21-18-22-47(37-43)69-71-65-33-16-17-34-66(65)72(69)48-23-4-3-5-24-48)35-36-55(63)58-41-61-62(42-64(58)70)68(60-39-46-20-7-9-26-50(46)52-28-11-13-30-54(52)60)57-32-15-14-31-56(57)67(61)59-38-45-19-6-8-25-49(45)51-27-10-12-29-53(51)59/h3-42H,1-2H3. The minimum absolute atomic E-state index is 0.294. The number of imidazole rings is 1. The van der Waals surface area contributed by atoms with E-state index in [1.54, 1.807) is 0 Å². The molecule has 336 valence electrons. The summed E-state index contributed by atoms with van der Waals surface area (Å²) in [5.41, 5.74) is 16.7. The molecule has 13 aromatic carbocycles. The number of benzene rings is 13. The Morgan fingerprint density at radius 2 is 0.819 bits per heavy atom. The zero-order chi connectivity index (χ0) is 47.7. The van der Waals surface area contributed by atoms with E-state index < -0.39 is 0 Å². The highest BCUT2D eigenvalue weighted by molar-refractivity contribution is 6.29. The van der Waals surface area contributed by atoms with Gasteiger partial charge >= 0.3 is 0 Å². The highest BCUT2D eigenvalue weighted by Crippen LogP contribution is 2.55. The second-order valence-corrected chi connectivity index (χ2v) is 20.2. The maximum absolute atomic E-state index is 5.23. The number of hydrogen-bond acceptors (Lipinski definition) is 1. The largest absolute Gasteiger partial charge is 0.292 e. The van der Waals surface area contributed by atoms with Crippen molar-refractivity contribution in [1.82, 2.24) is 9.55 Å². The summed E-state index contributed by atoms with van der Waals surface area (Å²) >= 11 is 0. The quantitative estimate of drug-likeness (QED) is 0.124. The van der Waals surface area contributed by atoms with E-state index in [0.717, 1.165) is 28.1 Å². The van der Waals surface area contributed by atoms with E-state index in [1.165, 1.54) is 120 Å². The Morgan fingerprint density at radius 3 is 1.47 bits per heavy atom. The Morgan fingerprint density at radius 1 is 0.319 bits per heavy atom. The van der Waals surface area contributed by atoms with Gasteiger partial charge in [-0.15, -0.1) is 0 Å². The molecule has 0 aliphatic heterocycles. The highest BCUT2D eigenvalue weighted by Gasteiger charge is 2.37. The van der Waals surface area contributed by atoms with Crippen LogP contribution < -0.4 is 0 Å². The maximum atomic E-state index is 5.23. The minimum atomic E-state index is -0.294. The van der Waals surface area contributed by atoms with E-state index in [1.807, 2.05) is 0 Å². The number of fused-ring (bicyclic) bond motifs is 12. The molecular formula is C70H46N2. The van der Waals surface area contributed by atoms with Gasteiger partial charge in [0, 0.05) is 16.7 Å². The molecule has 2 heteroatoms. The van der Waals surface area contributed by atoms with Crippen LogP contribution in [0.5, 0.6) is 0 Å². The molecule has 0 fully saturated rings. The zero-order valence-corrected chi connectivity index (χ0v) is 40.0. The molecule has 1 aliphatic rings. The van der Waals surface area contributed by atoms with Crippen LogP contribution in [0.3, 0.4) is 0 Å². The molecule has 15 rings (SSSR count). The highest BCUT2D eigenvalue weighted by atomic mass is 15.1. The summed E-state index contributed by atoms with van der Waals surface area (Å²) in [5.74, 6) is 0.933. The fraction of sp³-hybridized carbons (Fsp3) is 0.0429. The summed E-state index contributed by atoms with van der Waals surface area (Å²) in [6.45, 7) is 4.85. The minimum Gasteiger partial charge on any atom is -0.292 e. The predicted molar refractivity (Wildman–Crippen MR) is 305 cm³/mol. The molecule has 1 aliphatic carbocycles. The first-order valence-electron chi connectivity index (χ1n) is 25.1. The summed E-state index contributed by atoms with van der Waals surface area (Å²) < 4.78 is 2.29. The van der Waals surface area contributed by atoms with Crippen molar-refractivity contribution < 1.29 is 0 Å². The lowest BCUT2D eigenvalue weighted by atomic mass is 9.78. The molecule has 0 amide bonds. The lowest BCUT2D eigenvalue weighted by molar-refractivity contribution is 0.661. The fourth-order valence-electron chi connectivity index (χ4n) is 12.6. The van der Waals surface area contributed by atoms with Gasteiger partial charge in [0.2, 0.25) is 0 Å². The smallest absolute Gasteiger partial charge is 0.145 e. The van der Waals surface area contributed by atoms with Crippen molar-refractivity contribution in [1.29, 1.82) is 0 Å². The average Bonchev–Trinajstić information content (AvgIpc) is 3.93. The Labute approximate surface area is 417 Å². The molecule has 1 heterocycles. The number of aromatic nitrogens is 2. The molecule has 0 atom stereocenters. The number of hydrogen-bond donors (Lipinski definition) is 0. The Balaban J connectivity index is 0.990. The molecule has 0 saturated heterocycles. The van der Waals surface area contributed by atoms with E-state index in [-0.39, 0.29) is 5.41 Å². The number of nitrogens with zero attached hydrogens (tertiary/aromatic N) is 2. The van der Waals surface area contributed by atoms with Crippen molar-refractivity contribution in [2.75, 3.05) is 0 Å². The molecule has 1 aromatic heterocycles. The van der Waals surface area contributed by atoms with Gasteiger partial charge in [-0.05, 0) is 181 Å². The van der Waals surface area contributed by atoms with Gasteiger partial charge in [0.1, 0.15) is 5.82 Å². The third-order valence-corrected chi connectivity index (χ3v) is 15.9. The van der Waals surface area contributed by atoms with Crippen LogP contribution in [0.1, 0.15) is 25.0 Å². The first-order chi connectivity index (χ1) is 35.5. The third-order valence-electron chi connectivity index (χ3n) is 15.9. The van der Waals surface area contributed by atoms with E-state index in [9.17, 15) is 0 Å². The predicted octanol–water partition coefficient (Wildman–Crippen LogP) is 18.9. The van der Waals surface area contributed by atoms with Crippen LogP contribution >= 0.6 is 0 Å². The van der Waals surface area contributed by atoms with Crippen LogP contribution in [0.4, 0.5) is 0 Å². The normalized spacial score (nSPS) is 13.0. The van der Waals surface area contributed by atoms with Gasteiger partial charge in [0.05, 0.1) is 11.0 Å². The summed E-state index contributed by atoms with van der Waals surface area (Å²) in [7, 11) is 0. The molecule has 72 heavy (non-hydrogen) atoms. The van der Waals surface area contributed by atoms with E-state index >= 15 is 0 Å². The first kappa shape index (κ1) is 40.7. The lowest BCUT2D eigenvalue weighted by Gasteiger charge is -2.25. The van der Waals surface area contributed by atoms with E-state index in [2.05, 4.69) is 261 Å². The molecule has 0 radical (unpaired) electrons. The number of para-hydroxylation sites is 3. The molecule has 0 spiro atoms. The van der Waals surface area contributed by atoms with Gasteiger partial charge < -0.3 is 0 Å². The van der Waals surface area contributed by atoms with Crippen molar-refractivity contribution in [3.63, 3.8) is 0 Å². The van der Waals surface area contributed by atoms with Gasteiger partial charge in [-0.3, -0.25) is 4.57 Å². The molecule has 14 aromatic rings. The van der Waals surface area contributed by atoms with Crippen LogP contribution in [0.25, 0.3) is 137 Å². The van der Waals surface area contributed by atoms with Gasteiger partial charge in [0.25, 0.3) is 0 Å². The Bertz CT molecular complexity index is 4590. The number of rotatable bonds is 5. The SMILES string of the molecule is CC1(C)c2cc(-c3cccc(-c4nc5ccccc5n4-c4ccccc4)c3)ccc2-c2cc3c(-c4cc5ccccc5c5ccccc45)c4ccccc4c(-c4cc5ccccc5c5ccccc45)c3cc21. The topological polar surface area (TPSA) is 17.8 Å². The van der Waals surface area contributed by atoms with Gasteiger partial charge in [-0.1, -0.05) is 196 Å². The lowest BCUT2D eigenvalue weighted by Crippen LogP contribution is -2.15. The second-order valence-electron chi connectivity index (χ2n) is 20.2. The summed E-state index contributed by atoms with van der Waals surface area (Å²) in [4.78, 5) is 5.23. The van der Waals surface area contributed by atoms with Crippen LogP contribution in [0, 0.1) is 0 Å². The molecule has 0 saturated carbocycles.